The predicted octanol–water partition coefficient (Wildman–Crippen LogP) is 2.72. The average molecular weight is 416 g/mol. The summed E-state index contributed by atoms with van der Waals surface area (Å²) in [6, 6.07) is 0. The summed E-state index contributed by atoms with van der Waals surface area (Å²) in [5.74, 6) is 1.15. The third-order valence-corrected chi connectivity index (χ3v) is 7.41. The van der Waals surface area contributed by atoms with Crippen LogP contribution in [0.4, 0.5) is 0 Å². The number of nitrogens with one attached hydrogen (secondary N) is 1. The fraction of sp³-hybridized carbons (Fsp3) is 0.783. The number of aromatic amines is 1. The molecule has 3 fully saturated rings. The van der Waals surface area contributed by atoms with E-state index in [1.165, 1.54) is 19.3 Å². The molecule has 1 aliphatic carbocycles. The van der Waals surface area contributed by atoms with Crippen molar-refractivity contribution in [3.63, 3.8) is 0 Å². The number of rotatable bonds is 6. The first-order valence-corrected chi connectivity index (χ1v) is 11.7. The number of hydrogen-bond donors (Lipinski definition) is 1. The Morgan fingerprint density at radius 1 is 1.17 bits per heavy atom. The summed E-state index contributed by atoms with van der Waals surface area (Å²) >= 11 is 0. The van der Waals surface area contributed by atoms with Gasteiger partial charge in [-0.05, 0) is 33.4 Å². The van der Waals surface area contributed by atoms with E-state index >= 15 is 0 Å². The molecular formula is C23H37N5O2. The standard InChI is InChI=1S/C23H37N5O2/c1-4-8-20(29)27-12-18-13-28(16-23(18,15-27)14-26(2)3)22(30)19-11-24-25-21(19)17-9-6-5-7-10-17/h11,17-18H,4-10,12-16H2,1-3H3,(H,24,25)/t18-,23+/m1/s1. The first-order chi connectivity index (χ1) is 14.4. The molecule has 7 nitrogen and oxygen atoms in total. The van der Waals surface area contributed by atoms with Gasteiger partial charge in [0, 0.05) is 56.4 Å². The van der Waals surface area contributed by atoms with E-state index in [1.54, 1.807) is 6.20 Å². The number of carbonyl (C=O) groups excluding carboxylic acids is 2. The van der Waals surface area contributed by atoms with Crippen molar-refractivity contribution in [1.29, 1.82) is 0 Å². The lowest BCUT2D eigenvalue weighted by Gasteiger charge is -2.32. The van der Waals surface area contributed by atoms with E-state index in [2.05, 4.69) is 36.1 Å². The zero-order valence-corrected chi connectivity index (χ0v) is 18.8. The minimum absolute atomic E-state index is 0.0305. The molecule has 7 heteroatoms. The van der Waals surface area contributed by atoms with Gasteiger partial charge in [-0.25, -0.2) is 0 Å². The van der Waals surface area contributed by atoms with Crippen LogP contribution in [0.2, 0.25) is 0 Å². The molecule has 2 atom stereocenters. The molecule has 2 saturated heterocycles. The maximum atomic E-state index is 13.5. The van der Waals surface area contributed by atoms with Crippen molar-refractivity contribution in [2.24, 2.45) is 11.3 Å². The summed E-state index contributed by atoms with van der Waals surface area (Å²) in [5, 5.41) is 7.40. The third-order valence-electron chi connectivity index (χ3n) is 7.41. The van der Waals surface area contributed by atoms with Crippen molar-refractivity contribution in [2.45, 2.75) is 57.8 Å². The van der Waals surface area contributed by atoms with Crippen LogP contribution in [0.15, 0.2) is 6.20 Å². The summed E-state index contributed by atoms with van der Waals surface area (Å²) in [6.45, 7) is 5.95. The second-order valence-electron chi connectivity index (χ2n) is 10.0. The normalized spacial score (nSPS) is 27.1. The number of aromatic nitrogens is 2. The zero-order valence-electron chi connectivity index (χ0n) is 18.8. The summed E-state index contributed by atoms with van der Waals surface area (Å²) < 4.78 is 0. The van der Waals surface area contributed by atoms with Crippen LogP contribution in [0, 0.1) is 11.3 Å². The van der Waals surface area contributed by atoms with Gasteiger partial charge in [-0.3, -0.25) is 14.7 Å². The van der Waals surface area contributed by atoms with Gasteiger partial charge in [0.2, 0.25) is 5.91 Å². The van der Waals surface area contributed by atoms with Crippen LogP contribution >= 0.6 is 0 Å². The molecule has 30 heavy (non-hydrogen) atoms. The highest BCUT2D eigenvalue weighted by molar-refractivity contribution is 5.95. The van der Waals surface area contributed by atoms with Crippen LogP contribution in [0.3, 0.4) is 0 Å². The molecule has 0 spiro atoms. The van der Waals surface area contributed by atoms with Gasteiger partial charge in [0.05, 0.1) is 17.5 Å². The minimum atomic E-state index is -0.0305. The van der Waals surface area contributed by atoms with Crippen LogP contribution in [-0.4, -0.2) is 83.5 Å². The Morgan fingerprint density at radius 2 is 1.87 bits per heavy atom. The molecule has 3 aliphatic rings. The van der Waals surface area contributed by atoms with Gasteiger partial charge in [0.15, 0.2) is 0 Å². The molecular weight excluding hydrogens is 378 g/mol. The number of hydrogen-bond acceptors (Lipinski definition) is 4. The van der Waals surface area contributed by atoms with Crippen molar-refractivity contribution in [3.05, 3.63) is 17.5 Å². The molecule has 166 valence electrons. The summed E-state index contributed by atoms with van der Waals surface area (Å²) in [7, 11) is 4.17. The maximum absolute atomic E-state index is 13.5. The summed E-state index contributed by atoms with van der Waals surface area (Å²) in [5.41, 5.74) is 1.77. The number of amides is 2. The van der Waals surface area contributed by atoms with Crippen molar-refractivity contribution < 1.29 is 9.59 Å². The van der Waals surface area contributed by atoms with E-state index in [9.17, 15) is 9.59 Å². The Morgan fingerprint density at radius 3 is 2.57 bits per heavy atom. The molecule has 2 amide bonds. The number of nitrogens with zero attached hydrogens (tertiary/aromatic N) is 4. The topological polar surface area (TPSA) is 72.5 Å². The fourth-order valence-corrected chi connectivity index (χ4v) is 6.09. The number of carbonyl (C=O) groups is 2. The lowest BCUT2D eigenvalue weighted by atomic mass is 9.80. The van der Waals surface area contributed by atoms with E-state index < -0.39 is 0 Å². The van der Waals surface area contributed by atoms with E-state index in [4.69, 9.17) is 0 Å². The number of likely N-dealkylation sites (tertiary alicyclic amines) is 2. The van der Waals surface area contributed by atoms with E-state index in [0.29, 0.717) is 18.3 Å². The molecule has 2 aliphatic heterocycles. The van der Waals surface area contributed by atoms with Gasteiger partial charge in [-0.2, -0.15) is 5.10 Å². The molecule has 4 rings (SSSR count). The van der Waals surface area contributed by atoms with Gasteiger partial charge in [-0.15, -0.1) is 0 Å². The molecule has 0 aromatic carbocycles. The van der Waals surface area contributed by atoms with Gasteiger partial charge >= 0.3 is 0 Å². The van der Waals surface area contributed by atoms with Crippen LogP contribution < -0.4 is 0 Å². The smallest absolute Gasteiger partial charge is 0.257 e. The van der Waals surface area contributed by atoms with Crippen LogP contribution in [0.5, 0.6) is 0 Å². The Balaban J connectivity index is 1.51. The maximum Gasteiger partial charge on any atom is 0.257 e. The SMILES string of the molecule is CCCC(=O)N1C[C@@H]2CN(C(=O)c3cn[nH]c3C3CCCCC3)C[C@]2(CN(C)C)C1. The average Bonchev–Trinajstić information content (AvgIpc) is 3.40. The lowest BCUT2D eigenvalue weighted by molar-refractivity contribution is -0.130. The van der Waals surface area contributed by atoms with E-state index in [1.807, 2.05) is 9.80 Å². The van der Waals surface area contributed by atoms with E-state index in [-0.39, 0.29) is 17.2 Å². The van der Waals surface area contributed by atoms with Crippen molar-refractivity contribution in [3.8, 4) is 0 Å². The monoisotopic (exact) mass is 415 g/mol. The van der Waals surface area contributed by atoms with Gasteiger partial charge in [0.25, 0.3) is 5.91 Å². The van der Waals surface area contributed by atoms with Crippen molar-refractivity contribution >= 4 is 11.8 Å². The Hall–Kier alpha value is -1.89. The minimum Gasteiger partial charge on any atom is -0.342 e. The van der Waals surface area contributed by atoms with Crippen molar-refractivity contribution in [2.75, 3.05) is 46.8 Å². The van der Waals surface area contributed by atoms with Gasteiger partial charge < -0.3 is 14.7 Å². The van der Waals surface area contributed by atoms with Crippen LogP contribution in [-0.2, 0) is 4.79 Å². The second-order valence-corrected chi connectivity index (χ2v) is 10.0. The van der Waals surface area contributed by atoms with Crippen molar-refractivity contribution in [1.82, 2.24) is 24.9 Å². The highest BCUT2D eigenvalue weighted by Crippen LogP contribution is 2.44. The second kappa shape index (κ2) is 8.69. The third kappa shape index (κ3) is 4.01. The molecule has 0 bridgehead atoms. The number of H-pyrrole nitrogens is 1. The first-order valence-electron chi connectivity index (χ1n) is 11.7. The molecule has 1 aromatic heterocycles. The molecule has 0 unspecified atom stereocenters. The molecule has 1 N–H and O–H groups in total. The molecule has 3 heterocycles. The Labute approximate surface area is 180 Å². The first kappa shape index (κ1) is 21.3. The predicted molar refractivity (Wildman–Crippen MR) is 116 cm³/mol. The molecule has 0 radical (unpaired) electrons. The molecule has 1 saturated carbocycles. The van der Waals surface area contributed by atoms with Crippen LogP contribution in [0.25, 0.3) is 0 Å². The lowest BCUT2D eigenvalue weighted by Crippen LogP contribution is -2.43. The highest BCUT2D eigenvalue weighted by atomic mass is 16.2. The fourth-order valence-electron chi connectivity index (χ4n) is 6.09. The highest BCUT2D eigenvalue weighted by Gasteiger charge is 2.54. The van der Waals surface area contributed by atoms with Gasteiger partial charge in [0.1, 0.15) is 0 Å². The largest absolute Gasteiger partial charge is 0.342 e. The Bertz CT molecular complexity index is 769. The number of fused-ring (bicyclic) bond motifs is 1. The van der Waals surface area contributed by atoms with Crippen LogP contribution in [0.1, 0.15) is 73.8 Å². The van der Waals surface area contributed by atoms with Gasteiger partial charge in [-0.1, -0.05) is 26.2 Å². The Kier molecular flexibility index (Phi) is 6.19. The summed E-state index contributed by atoms with van der Waals surface area (Å²) in [6.07, 6.45) is 9.28. The zero-order chi connectivity index (χ0) is 21.3. The quantitative estimate of drug-likeness (QED) is 0.775. The molecule has 1 aromatic rings. The van der Waals surface area contributed by atoms with E-state index in [0.717, 1.165) is 63.2 Å². The summed E-state index contributed by atoms with van der Waals surface area (Å²) in [4.78, 5) is 32.4.